The molecule has 21 heavy (non-hydrogen) atoms. The van der Waals surface area contributed by atoms with E-state index in [1.54, 1.807) is 12.1 Å². The Morgan fingerprint density at radius 3 is 2.43 bits per heavy atom. The van der Waals surface area contributed by atoms with E-state index >= 15 is 0 Å². The van der Waals surface area contributed by atoms with Crippen LogP contribution in [0.25, 0.3) is 0 Å². The maximum atomic E-state index is 11.7. The van der Waals surface area contributed by atoms with Crippen LogP contribution in [0.1, 0.15) is 43.0 Å². The van der Waals surface area contributed by atoms with Gasteiger partial charge in [0.1, 0.15) is 11.5 Å². The van der Waals surface area contributed by atoms with Gasteiger partial charge in [0.25, 0.3) is 5.69 Å². The third-order valence-corrected chi connectivity index (χ3v) is 4.40. The zero-order valence-electron chi connectivity index (χ0n) is 11.7. The lowest BCUT2D eigenvalue weighted by Gasteiger charge is -2.35. The maximum Gasteiger partial charge on any atom is 0.293 e. The first-order chi connectivity index (χ1) is 9.97. The number of anilines is 1. The Morgan fingerprint density at radius 1 is 1.29 bits per heavy atom. The summed E-state index contributed by atoms with van der Waals surface area (Å²) in [5, 5.41) is 11.3. The quantitative estimate of drug-likeness (QED) is 0.485. The molecule has 0 N–H and O–H groups in total. The summed E-state index contributed by atoms with van der Waals surface area (Å²) >= 11 is 0. The third kappa shape index (κ3) is 2.30. The maximum absolute atomic E-state index is 11.7. The molecular weight excluding hydrogens is 272 g/mol. The Balaban J connectivity index is 2.04. The summed E-state index contributed by atoms with van der Waals surface area (Å²) in [6.07, 6.45) is 2.70. The first-order valence-electron chi connectivity index (χ1n) is 7.07. The standard InChI is InChI=1S/C15H16N2O4/c1-9(18)10-2-5-14(15(6-10)17(20)21)16-11-3-4-12(16)8-13(19)7-11/h2,5-6,11-12H,3-4,7-8H2,1H3. The van der Waals surface area contributed by atoms with E-state index in [1.807, 2.05) is 4.90 Å². The van der Waals surface area contributed by atoms with E-state index in [2.05, 4.69) is 0 Å². The second kappa shape index (κ2) is 4.95. The minimum Gasteiger partial charge on any atom is -0.359 e. The molecule has 6 heteroatoms. The molecule has 2 aliphatic heterocycles. The molecular formula is C15H16N2O4. The van der Waals surface area contributed by atoms with Gasteiger partial charge in [-0.2, -0.15) is 0 Å². The number of hydrogen-bond acceptors (Lipinski definition) is 5. The summed E-state index contributed by atoms with van der Waals surface area (Å²) in [4.78, 5) is 36.0. The van der Waals surface area contributed by atoms with Crippen molar-refractivity contribution in [1.82, 2.24) is 0 Å². The number of nitrogens with zero attached hydrogens (tertiary/aromatic N) is 2. The summed E-state index contributed by atoms with van der Waals surface area (Å²) in [5.74, 6) is 0.0446. The van der Waals surface area contributed by atoms with Crippen molar-refractivity contribution in [3.05, 3.63) is 33.9 Å². The highest BCUT2D eigenvalue weighted by molar-refractivity contribution is 5.95. The Bertz CT molecular complexity index is 625. The molecule has 1 aromatic carbocycles. The third-order valence-electron chi connectivity index (χ3n) is 4.40. The van der Waals surface area contributed by atoms with E-state index in [0.29, 0.717) is 24.1 Å². The summed E-state index contributed by atoms with van der Waals surface area (Å²) in [5.41, 5.74) is 0.824. The zero-order chi connectivity index (χ0) is 15.1. The van der Waals surface area contributed by atoms with E-state index in [1.165, 1.54) is 13.0 Å². The molecule has 2 heterocycles. The molecule has 2 fully saturated rings. The summed E-state index contributed by atoms with van der Waals surface area (Å²) in [6, 6.07) is 4.72. The minimum atomic E-state index is -0.447. The second-order valence-electron chi connectivity index (χ2n) is 5.76. The number of Topliss-reactive ketones (excluding diaryl/α,β-unsaturated/α-hetero) is 2. The predicted octanol–water partition coefficient (Wildman–Crippen LogP) is 2.50. The number of piperidine rings is 1. The molecule has 3 rings (SSSR count). The monoisotopic (exact) mass is 288 g/mol. The zero-order valence-corrected chi connectivity index (χ0v) is 11.7. The van der Waals surface area contributed by atoms with Crippen molar-refractivity contribution in [1.29, 1.82) is 0 Å². The number of benzene rings is 1. The van der Waals surface area contributed by atoms with Crippen molar-refractivity contribution in [2.75, 3.05) is 4.90 Å². The molecule has 2 bridgehead atoms. The van der Waals surface area contributed by atoms with Crippen LogP contribution in [0.2, 0.25) is 0 Å². The molecule has 2 unspecified atom stereocenters. The number of fused-ring (bicyclic) bond motifs is 2. The van der Waals surface area contributed by atoms with E-state index < -0.39 is 4.92 Å². The lowest BCUT2D eigenvalue weighted by atomic mass is 9.99. The van der Waals surface area contributed by atoms with Gasteiger partial charge in [-0.15, -0.1) is 0 Å². The van der Waals surface area contributed by atoms with Crippen molar-refractivity contribution in [3.8, 4) is 0 Å². The largest absolute Gasteiger partial charge is 0.359 e. The van der Waals surface area contributed by atoms with E-state index in [9.17, 15) is 19.7 Å². The summed E-state index contributed by atoms with van der Waals surface area (Å²) < 4.78 is 0. The second-order valence-corrected chi connectivity index (χ2v) is 5.76. The van der Waals surface area contributed by atoms with E-state index in [0.717, 1.165) is 12.8 Å². The van der Waals surface area contributed by atoms with E-state index in [-0.39, 0.29) is 29.3 Å². The van der Waals surface area contributed by atoms with Crippen LogP contribution < -0.4 is 4.90 Å². The lowest BCUT2D eigenvalue weighted by molar-refractivity contribution is -0.384. The van der Waals surface area contributed by atoms with Crippen LogP contribution in [0, 0.1) is 10.1 Å². The van der Waals surface area contributed by atoms with Crippen molar-refractivity contribution in [2.45, 2.75) is 44.7 Å². The van der Waals surface area contributed by atoms with Crippen LogP contribution in [0.15, 0.2) is 18.2 Å². The molecule has 0 aromatic heterocycles. The van der Waals surface area contributed by atoms with E-state index in [4.69, 9.17) is 0 Å². The van der Waals surface area contributed by atoms with Gasteiger partial charge in [-0.3, -0.25) is 19.7 Å². The van der Waals surface area contributed by atoms with Gasteiger partial charge in [0.2, 0.25) is 0 Å². The Labute approximate surface area is 121 Å². The molecule has 2 saturated heterocycles. The number of rotatable bonds is 3. The molecule has 0 saturated carbocycles. The molecule has 6 nitrogen and oxygen atoms in total. The van der Waals surface area contributed by atoms with Gasteiger partial charge in [-0.05, 0) is 31.9 Å². The highest BCUT2D eigenvalue weighted by Gasteiger charge is 2.42. The molecule has 110 valence electrons. The Morgan fingerprint density at radius 2 is 1.90 bits per heavy atom. The molecule has 0 amide bonds. The number of ketones is 2. The van der Waals surface area contributed by atoms with Gasteiger partial charge in [0.15, 0.2) is 5.78 Å². The van der Waals surface area contributed by atoms with Crippen molar-refractivity contribution in [3.63, 3.8) is 0 Å². The first-order valence-corrected chi connectivity index (χ1v) is 7.07. The van der Waals surface area contributed by atoms with Crippen molar-refractivity contribution >= 4 is 22.9 Å². The smallest absolute Gasteiger partial charge is 0.293 e. The molecule has 0 spiro atoms. The van der Waals surface area contributed by atoms with Crippen molar-refractivity contribution < 1.29 is 14.5 Å². The minimum absolute atomic E-state index is 0.0473. The lowest BCUT2D eigenvalue weighted by Crippen LogP contribution is -2.43. The number of carbonyl (C=O) groups is 2. The van der Waals surface area contributed by atoms with Gasteiger partial charge >= 0.3 is 0 Å². The SMILES string of the molecule is CC(=O)c1ccc(N2C3CCC2CC(=O)C3)c([N+](=O)[O-])c1. The number of nitro groups is 1. The molecule has 2 atom stereocenters. The predicted molar refractivity (Wildman–Crippen MR) is 76.6 cm³/mol. The average molecular weight is 288 g/mol. The summed E-state index contributed by atoms with van der Waals surface area (Å²) in [6.45, 7) is 1.39. The first kappa shape index (κ1) is 13.7. The normalized spacial score (nSPS) is 24.2. The van der Waals surface area contributed by atoms with Crippen LogP contribution >= 0.6 is 0 Å². The highest BCUT2D eigenvalue weighted by atomic mass is 16.6. The topological polar surface area (TPSA) is 80.5 Å². The van der Waals surface area contributed by atoms with Gasteiger partial charge in [0.05, 0.1) is 4.92 Å². The average Bonchev–Trinajstić information content (AvgIpc) is 2.69. The fraction of sp³-hybridized carbons (Fsp3) is 0.467. The molecule has 2 aliphatic rings. The molecule has 0 aliphatic carbocycles. The van der Waals surface area contributed by atoms with Crippen LogP contribution in [0.3, 0.4) is 0 Å². The van der Waals surface area contributed by atoms with Gasteiger partial charge in [-0.1, -0.05) is 0 Å². The number of hydrogen-bond donors (Lipinski definition) is 0. The Hall–Kier alpha value is -2.24. The van der Waals surface area contributed by atoms with Gasteiger partial charge < -0.3 is 4.90 Å². The highest BCUT2D eigenvalue weighted by Crippen LogP contribution is 2.42. The van der Waals surface area contributed by atoms with Crippen LogP contribution in [-0.4, -0.2) is 28.6 Å². The fourth-order valence-electron chi connectivity index (χ4n) is 3.47. The summed E-state index contributed by atoms with van der Waals surface area (Å²) in [7, 11) is 0. The molecule has 0 radical (unpaired) electrons. The van der Waals surface area contributed by atoms with Gasteiger partial charge in [-0.25, -0.2) is 0 Å². The van der Waals surface area contributed by atoms with Gasteiger partial charge in [0, 0.05) is 36.6 Å². The fourth-order valence-corrected chi connectivity index (χ4v) is 3.47. The van der Waals surface area contributed by atoms with Crippen LogP contribution in [-0.2, 0) is 4.79 Å². The number of carbonyl (C=O) groups excluding carboxylic acids is 2. The Kier molecular flexibility index (Phi) is 3.23. The van der Waals surface area contributed by atoms with Crippen LogP contribution in [0.4, 0.5) is 11.4 Å². The van der Waals surface area contributed by atoms with Crippen molar-refractivity contribution in [2.24, 2.45) is 0 Å². The molecule has 1 aromatic rings. The number of nitro benzene ring substituents is 1. The van der Waals surface area contributed by atoms with Crippen LogP contribution in [0.5, 0.6) is 0 Å².